The van der Waals surface area contributed by atoms with Crippen molar-refractivity contribution < 1.29 is 19.7 Å². The van der Waals surface area contributed by atoms with Crippen molar-refractivity contribution in [2.45, 2.75) is 115 Å². The van der Waals surface area contributed by atoms with Crippen LogP contribution in [0.5, 0.6) is 0 Å². The molecule has 1 saturated heterocycles. The van der Waals surface area contributed by atoms with Gasteiger partial charge in [0.15, 0.2) is 5.79 Å². The van der Waals surface area contributed by atoms with Crippen LogP contribution in [0.1, 0.15) is 103 Å². The standard InChI is InChI=1S/C21H42O4/c1-2-3-4-5-6-7-8-9-10-11-12-13-14-15-16-21(19-25-21)24-18-20(23)17-22/h20,22-23H,2-19H2,1H3. The summed E-state index contributed by atoms with van der Waals surface area (Å²) < 4.78 is 11.0. The highest BCUT2D eigenvalue weighted by Gasteiger charge is 2.45. The third-order valence-corrected chi connectivity index (χ3v) is 5.13. The van der Waals surface area contributed by atoms with Gasteiger partial charge < -0.3 is 19.7 Å². The summed E-state index contributed by atoms with van der Waals surface area (Å²) in [5.74, 6) is -0.451. The summed E-state index contributed by atoms with van der Waals surface area (Å²) in [5.41, 5.74) is 0. The fourth-order valence-electron chi connectivity index (χ4n) is 3.27. The number of hydrogen-bond donors (Lipinski definition) is 2. The molecule has 1 aliphatic heterocycles. The average molecular weight is 359 g/mol. The first kappa shape index (κ1) is 22.9. The van der Waals surface area contributed by atoms with E-state index in [1.165, 1.54) is 83.5 Å². The molecule has 1 heterocycles. The number of hydrogen-bond acceptors (Lipinski definition) is 4. The smallest absolute Gasteiger partial charge is 0.192 e. The third-order valence-electron chi connectivity index (χ3n) is 5.13. The summed E-state index contributed by atoms with van der Waals surface area (Å²) >= 11 is 0. The molecule has 0 spiro atoms. The minimum atomic E-state index is -0.794. The van der Waals surface area contributed by atoms with Crippen molar-refractivity contribution in [3.63, 3.8) is 0 Å². The Morgan fingerprint density at radius 1 is 0.840 bits per heavy atom. The Labute approximate surface area is 155 Å². The quantitative estimate of drug-likeness (QED) is 0.253. The Morgan fingerprint density at radius 3 is 1.68 bits per heavy atom. The summed E-state index contributed by atoms with van der Waals surface area (Å²) in [6.07, 6.45) is 19.2. The number of epoxide rings is 1. The Balaban J connectivity index is 1.77. The summed E-state index contributed by atoms with van der Waals surface area (Å²) in [6, 6.07) is 0. The maximum atomic E-state index is 9.31. The van der Waals surface area contributed by atoms with Crippen LogP contribution in [0.2, 0.25) is 0 Å². The van der Waals surface area contributed by atoms with Gasteiger partial charge in [-0.3, -0.25) is 0 Å². The lowest BCUT2D eigenvalue weighted by Crippen LogP contribution is -2.26. The molecule has 0 aromatic carbocycles. The lowest BCUT2D eigenvalue weighted by atomic mass is 10.0. The molecule has 1 fully saturated rings. The van der Waals surface area contributed by atoms with Crippen molar-refractivity contribution >= 4 is 0 Å². The molecule has 0 aromatic heterocycles. The van der Waals surface area contributed by atoms with E-state index in [9.17, 15) is 5.11 Å². The number of unbranched alkanes of at least 4 members (excludes halogenated alkanes) is 13. The molecule has 4 nitrogen and oxygen atoms in total. The van der Waals surface area contributed by atoms with Crippen LogP contribution in [-0.2, 0) is 9.47 Å². The van der Waals surface area contributed by atoms with Crippen LogP contribution >= 0.6 is 0 Å². The van der Waals surface area contributed by atoms with Gasteiger partial charge in [0.1, 0.15) is 12.7 Å². The largest absolute Gasteiger partial charge is 0.394 e. The predicted molar refractivity (Wildman–Crippen MR) is 103 cm³/mol. The van der Waals surface area contributed by atoms with E-state index in [-0.39, 0.29) is 13.2 Å². The molecular weight excluding hydrogens is 316 g/mol. The highest BCUT2D eigenvalue weighted by atomic mass is 16.8. The maximum absolute atomic E-state index is 9.31. The Hall–Kier alpha value is -0.160. The van der Waals surface area contributed by atoms with Crippen molar-refractivity contribution in [2.24, 2.45) is 0 Å². The van der Waals surface area contributed by atoms with Gasteiger partial charge in [-0.05, 0) is 6.42 Å². The molecule has 4 heteroatoms. The highest BCUT2D eigenvalue weighted by molar-refractivity contribution is 4.82. The van der Waals surface area contributed by atoms with E-state index < -0.39 is 11.9 Å². The fourth-order valence-corrected chi connectivity index (χ4v) is 3.27. The van der Waals surface area contributed by atoms with Crippen LogP contribution in [0.25, 0.3) is 0 Å². The second kappa shape index (κ2) is 15.0. The maximum Gasteiger partial charge on any atom is 0.192 e. The monoisotopic (exact) mass is 358 g/mol. The van der Waals surface area contributed by atoms with Crippen LogP contribution < -0.4 is 0 Å². The third kappa shape index (κ3) is 12.8. The first-order chi connectivity index (χ1) is 12.2. The van der Waals surface area contributed by atoms with Crippen LogP contribution in [0.3, 0.4) is 0 Å². The Kier molecular flexibility index (Phi) is 13.7. The molecule has 2 N–H and O–H groups in total. The minimum Gasteiger partial charge on any atom is -0.394 e. The van der Waals surface area contributed by atoms with E-state index in [2.05, 4.69) is 6.92 Å². The van der Waals surface area contributed by atoms with E-state index in [4.69, 9.17) is 14.6 Å². The summed E-state index contributed by atoms with van der Waals surface area (Å²) in [7, 11) is 0. The van der Waals surface area contributed by atoms with Gasteiger partial charge in [-0.1, -0.05) is 90.4 Å². The molecule has 1 rings (SSSR count). The predicted octanol–water partition coefficient (Wildman–Crippen LogP) is 4.95. The van der Waals surface area contributed by atoms with Crippen LogP contribution in [0, 0.1) is 0 Å². The number of rotatable bonds is 19. The van der Waals surface area contributed by atoms with Crippen molar-refractivity contribution in [1.29, 1.82) is 0 Å². The lowest BCUT2D eigenvalue weighted by molar-refractivity contribution is -0.0902. The molecule has 1 aliphatic rings. The van der Waals surface area contributed by atoms with E-state index in [0.29, 0.717) is 6.61 Å². The van der Waals surface area contributed by atoms with Crippen LogP contribution in [0.15, 0.2) is 0 Å². The molecule has 150 valence electrons. The van der Waals surface area contributed by atoms with Gasteiger partial charge in [-0.15, -0.1) is 0 Å². The second-order valence-electron chi connectivity index (χ2n) is 7.69. The Bertz CT molecular complexity index is 292. The van der Waals surface area contributed by atoms with Gasteiger partial charge >= 0.3 is 0 Å². The topological polar surface area (TPSA) is 62.2 Å². The molecule has 0 bridgehead atoms. The SMILES string of the molecule is CCCCCCCCCCCCCCCCC1(OCC(O)CO)CO1. The van der Waals surface area contributed by atoms with Crippen LogP contribution in [0.4, 0.5) is 0 Å². The zero-order valence-electron chi connectivity index (χ0n) is 16.5. The summed E-state index contributed by atoms with van der Waals surface area (Å²) in [5, 5.41) is 18.1. The van der Waals surface area contributed by atoms with Crippen molar-refractivity contribution in [2.75, 3.05) is 19.8 Å². The minimum absolute atomic E-state index is 0.162. The van der Waals surface area contributed by atoms with E-state index in [1.807, 2.05) is 0 Å². The van der Waals surface area contributed by atoms with Gasteiger partial charge in [-0.25, -0.2) is 0 Å². The van der Waals surface area contributed by atoms with E-state index >= 15 is 0 Å². The van der Waals surface area contributed by atoms with Crippen LogP contribution in [-0.4, -0.2) is 41.9 Å². The van der Waals surface area contributed by atoms with Gasteiger partial charge in [0.2, 0.25) is 0 Å². The summed E-state index contributed by atoms with van der Waals surface area (Å²) in [4.78, 5) is 0. The van der Waals surface area contributed by atoms with Gasteiger partial charge in [0.05, 0.1) is 13.2 Å². The Morgan fingerprint density at radius 2 is 1.28 bits per heavy atom. The first-order valence-electron chi connectivity index (χ1n) is 10.8. The molecular formula is C21H42O4. The van der Waals surface area contributed by atoms with Gasteiger partial charge in [-0.2, -0.15) is 0 Å². The molecule has 25 heavy (non-hydrogen) atoms. The van der Waals surface area contributed by atoms with Crippen molar-refractivity contribution in [3.8, 4) is 0 Å². The van der Waals surface area contributed by atoms with Crippen molar-refractivity contribution in [3.05, 3.63) is 0 Å². The van der Waals surface area contributed by atoms with Gasteiger partial charge in [0, 0.05) is 6.42 Å². The summed E-state index contributed by atoms with van der Waals surface area (Å²) in [6.45, 7) is 2.81. The second-order valence-corrected chi connectivity index (χ2v) is 7.69. The molecule has 0 radical (unpaired) electrons. The zero-order valence-corrected chi connectivity index (χ0v) is 16.5. The lowest BCUT2D eigenvalue weighted by Gasteiger charge is -2.15. The van der Waals surface area contributed by atoms with Gasteiger partial charge in [0.25, 0.3) is 0 Å². The van der Waals surface area contributed by atoms with E-state index in [1.54, 1.807) is 0 Å². The molecule has 0 aromatic rings. The normalized spacial score (nSPS) is 20.8. The van der Waals surface area contributed by atoms with Crippen molar-refractivity contribution in [1.82, 2.24) is 0 Å². The molecule has 0 amide bonds. The fraction of sp³-hybridized carbons (Fsp3) is 1.00. The molecule has 2 unspecified atom stereocenters. The molecule has 2 atom stereocenters. The number of aliphatic hydroxyl groups excluding tert-OH is 2. The highest BCUT2D eigenvalue weighted by Crippen LogP contribution is 2.34. The number of aliphatic hydroxyl groups is 2. The molecule has 0 saturated carbocycles. The molecule has 0 aliphatic carbocycles. The zero-order chi connectivity index (χ0) is 18.2. The average Bonchev–Trinajstić information content (AvgIpc) is 3.40. The number of ether oxygens (including phenoxy) is 2. The van der Waals surface area contributed by atoms with E-state index in [0.717, 1.165) is 12.8 Å². The first-order valence-corrected chi connectivity index (χ1v) is 10.8.